The molecule has 1 N–H and O–H groups in total. The minimum Gasteiger partial charge on any atom is -0.272 e. The van der Waals surface area contributed by atoms with Crippen LogP contribution in [0.2, 0.25) is 0 Å². The zero-order chi connectivity index (χ0) is 14.1. The first-order chi connectivity index (χ1) is 9.15. The fourth-order valence-electron chi connectivity index (χ4n) is 1.36. The molecule has 0 bridgehead atoms. The third-order valence-corrected chi connectivity index (χ3v) is 4.06. The maximum atomic E-state index is 11.9. The normalized spacial score (nSPS) is 10.0. The lowest BCUT2D eigenvalue weighted by Gasteiger charge is -2.19. The van der Waals surface area contributed by atoms with Crippen LogP contribution < -0.4 is 5.43 Å². The zero-order valence-electron chi connectivity index (χ0n) is 11.3. The number of hydrogen-bond acceptors (Lipinski definition) is 4. The Kier molecular flexibility index (Phi) is 7.43. The molecule has 0 aliphatic heterocycles. The van der Waals surface area contributed by atoms with Crippen LogP contribution in [-0.4, -0.2) is 33.0 Å². The molecule has 6 heteroatoms. The molecular formula is C13H19N3OS2. The number of thioether (sulfide) groups is 1. The van der Waals surface area contributed by atoms with Gasteiger partial charge in [0.15, 0.2) is 4.32 Å². The fraction of sp³-hybridized carbons (Fsp3) is 0.462. The van der Waals surface area contributed by atoms with Crippen LogP contribution in [0.5, 0.6) is 0 Å². The predicted octanol–water partition coefficient (Wildman–Crippen LogP) is 2.87. The fourth-order valence-corrected chi connectivity index (χ4v) is 2.42. The number of nitrogens with one attached hydrogen (secondary N) is 1. The lowest BCUT2D eigenvalue weighted by Crippen LogP contribution is -2.41. The first-order valence-electron chi connectivity index (χ1n) is 6.27. The molecule has 1 amide bonds. The second kappa shape index (κ2) is 8.87. The minimum absolute atomic E-state index is 0.250. The molecule has 0 fully saturated rings. The van der Waals surface area contributed by atoms with Crippen molar-refractivity contribution in [2.75, 3.05) is 12.8 Å². The van der Waals surface area contributed by atoms with Gasteiger partial charge in [0.1, 0.15) is 5.69 Å². The number of thiocarbonyl (C=S) groups is 1. The summed E-state index contributed by atoms with van der Waals surface area (Å²) in [6, 6.07) is 5.22. The third kappa shape index (κ3) is 6.02. The van der Waals surface area contributed by atoms with Gasteiger partial charge < -0.3 is 0 Å². The van der Waals surface area contributed by atoms with Gasteiger partial charge in [0.25, 0.3) is 5.91 Å². The van der Waals surface area contributed by atoms with Gasteiger partial charge in [-0.3, -0.25) is 20.2 Å². The van der Waals surface area contributed by atoms with E-state index in [0.29, 0.717) is 10.0 Å². The molecule has 1 aromatic rings. The monoisotopic (exact) mass is 297 g/mol. The van der Waals surface area contributed by atoms with Crippen molar-refractivity contribution in [2.45, 2.75) is 26.2 Å². The number of unbranched alkanes of at least 4 members (excludes halogenated alkanes) is 2. The van der Waals surface area contributed by atoms with E-state index in [1.54, 1.807) is 48.2 Å². The molecular weight excluding hydrogens is 278 g/mol. The lowest BCUT2D eigenvalue weighted by molar-refractivity contribution is 0.0885. The standard InChI is InChI=1S/C13H19N3OS2/c1-3-4-7-10-19-13(18)16(2)15-12(17)11-8-5-6-9-14-11/h5-6,8-9H,3-4,7,10H2,1-2H3,(H,15,17). The van der Waals surface area contributed by atoms with Gasteiger partial charge in [-0.15, -0.1) is 0 Å². The number of amides is 1. The van der Waals surface area contributed by atoms with Crippen molar-refractivity contribution >= 4 is 34.2 Å². The van der Waals surface area contributed by atoms with Gasteiger partial charge in [-0.25, -0.2) is 0 Å². The summed E-state index contributed by atoms with van der Waals surface area (Å²) in [7, 11) is 1.75. The predicted molar refractivity (Wildman–Crippen MR) is 84.0 cm³/mol. The number of hydrogen-bond donors (Lipinski definition) is 1. The summed E-state index contributed by atoms with van der Waals surface area (Å²) in [6.07, 6.45) is 5.13. The number of nitrogens with zero attached hydrogens (tertiary/aromatic N) is 2. The van der Waals surface area contributed by atoms with Gasteiger partial charge in [0.2, 0.25) is 0 Å². The molecule has 1 aromatic heterocycles. The quantitative estimate of drug-likeness (QED) is 0.514. The Hall–Kier alpha value is -1.14. The molecule has 0 aliphatic rings. The zero-order valence-corrected chi connectivity index (χ0v) is 12.9. The highest BCUT2D eigenvalue weighted by molar-refractivity contribution is 8.22. The summed E-state index contributed by atoms with van der Waals surface area (Å²) in [5, 5.41) is 1.57. The van der Waals surface area contributed by atoms with E-state index in [9.17, 15) is 4.79 Å². The van der Waals surface area contributed by atoms with E-state index < -0.39 is 0 Å². The average Bonchev–Trinajstić information content (AvgIpc) is 2.44. The van der Waals surface area contributed by atoms with E-state index in [1.807, 2.05) is 0 Å². The molecule has 0 atom stereocenters. The molecule has 1 heterocycles. The summed E-state index contributed by atoms with van der Waals surface area (Å²) < 4.78 is 0.667. The molecule has 0 saturated carbocycles. The van der Waals surface area contributed by atoms with Crippen LogP contribution in [0.3, 0.4) is 0 Å². The number of pyridine rings is 1. The summed E-state index contributed by atoms with van der Waals surface area (Å²) in [5.41, 5.74) is 3.09. The van der Waals surface area contributed by atoms with Crippen LogP contribution in [-0.2, 0) is 0 Å². The van der Waals surface area contributed by atoms with E-state index in [4.69, 9.17) is 12.2 Å². The minimum atomic E-state index is -0.250. The van der Waals surface area contributed by atoms with Crippen molar-refractivity contribution in [3.8, 4) is 0 Å². The molecule has 4 nitrogen and oxygen atoms in total. The van der Waals surface area contributed by atoms with Gasteiger partial charge >= 0.3 is 0 Å². The number of carbonyl (C=O) groups excluding carboxylic acids is 1. The highest BCUT2D eigenvalue weighted by Gasteiger charge is 2.11. The number of aromatic nitrogens is 1. The summed E-state index contributed by atoms with van der Waals surface area (Å²) in [6.45, 7) is 2.17. The largest absolute Gasteiger partial charge is 0.288 e. The van der Waals surface area contributed by atoms with E-state index in [0.717, 1.165) is 12.2 Å². The number of hydrazine groups is 1. The molecule has 0 spiro atoms. The highest BCUT2D eigenvalue weighted by atomic mass is 32.2. The van der Waals surface area contributed by atoms with Gasteiger partial charge in [0.05, 0.1) is 0 Å². The van der Waals surface area contributed by atoms with Crippen molar-refractivity contribution in [3.63, 3.8) is 0 Å². The van der Waals surface area contributed by atoms with Crippen molar-refractivity contribution in [3.05, 3.63) is 30.1 Å². The van der Waals surface area contributed by atoms with Gasteiger partial charge in [-0.2, -0.15) is 0 Å². The topological polar surface area (TPSA) is 45.2 Å². The van der Waals surface area contributed by atoms with Crippen molar-refractivity contribution in [1.82, 2.24) is 15.4 Å². The molecule has 0 aromatic carbocycles. The van der Waals surface area contributed by atoms with E-state index in [1.165, 1.54) is 12.8 Å². The summed E-state index contributed by atoms with van der Waals surface area (Å²) >= 11 is 6.83. The van der Waals surface area contributed by atoms with Crippen LogP contribution in [0.15, 0.2) is 24.4 Å². The van der Waals surface area contributed by atoms with Crippen LogP contribution in [0, 0.1) is 0 Å². The van der Waals surface area contributed by atoms with Gasteiger partial charge in [-0.1, -0.05) is 49.8 Å². The highest BCUT2D eigenvalue weighted by Crippen LogP contribution is 2.10. The summed E-state index contributed by atoms with van der Waals surface area (Å²) in [4.78, 5) is 15.8. The molecule has 19 heavy (non-hydrogen) atoms. The Morgan fingerprint density at radius 2 is 2.26 bits per heavy atom. The van der Waals surface area contributed by atoms with Crippen LogP contribution in [0.25, 0.3) is 0 Å². The second-order valence-electron chi connectivity index (χ2n) is 4.04. The Balaban J connectivity index is 2.35. The Labute approximate surface area is 123 Å². The van der Waals surface area contributed by atoms with Crippen LogP contribution in [0.4, 0.5) is 0 Å². The molecule has 1 rings (SSSR count). The number of rotatable bonds is 5. The Morgan fingerprint density at radius 3 is 2.89 bits per heavy atom. The SMILES string of the molecule is CCCCCSC(=S)N(C)NC(=O)c1ccccn1. The molecule has 0 unspecified atom stereocenters. The summed E-state index contributed by atoms with van der Waals surface area (Å²) in [5.74, 6) is 0.732. The Morgan fingerprint density at radius 1 is 1.47 bits per heavy atom. The van der Waals surface area contributed by atoms with E-state index in [-0.39, 0.29) is 5.91 Å². The second-order valence-corrected chi connectivity index (χ2v) is 5.77. The molecule has 0 radical (unpaired) electrons. The van der Waals surface area contributed by atoms with Crippen LogP contribution in [0.1, 0.15) is 36.7 Å². The first kappa shape index (κ1) is 15.9. The van der Waals surface area contributed by atoms with E-state index >= 15 is 0 Å². The smallest absolute Gasteiger partial charge is 0.272 e. The van der Waals surface area contributed by atoms with Crippen molar-refractivity contribution in [2.24, 2.45) is 0 Å². The maximum Gasteiger partial charge on any atom is 0.288 e. The van der Waals surface area contributed by atoms with E-state index in [2.05, 4.69) is 17.3 Å². The van der Waals surface area contributed by atoms with Gasteiger partial charge in [0, 0.05) is 19.0 Å². The molecule has 104 valence electrons. The Bertz CT molecular complexity index is 412. The maximum absolute atomic E-state index is 11.9. The van der Waals surface area contributed by atoms with Gasteiger partial charge in [-0.05, 0) is 18.6 Å². The molecule has 0 saturated heterocycles. The average molecular weight is 297 g/mol. The lowest BCUT2D eigenvalue weighted by atomic mass is 10.3. The number of carbonyl (C=O) groups is 1. The van der Waals surface area contributed by atoms with Crippen molar-refractivity contribution in [1.29, 1.82) is 0 Å². The third-order valence-electron chi connectivity index (χ3n) is 2.41. The first-order valence-corrected chi connectivity index (χ1v) is 7.67. The van der Waals surface area contributed by atoms with Crippen molar-refractivity contribution < 1.29 is 4.79 Å². The van der Waals surface area contributed by atoms with Crippen LogP contribution >= 0.6 is 24.0 Å². The molecule has 0 aliphatic carbocycles.